The fraction of sp³-hybridized carbons (Fsp3) is 0.364. The van der Waals surface area contributed by atoms with E-state index in [1.165, 1.54) is 0 Å². The van der Waals surface area contributed by atoms with Crippen molar-refractivity contribution in [1.29, 1.82) is 0 Å². The van der Waals surface area contributed by atoms with Crippen molar-refractivity contribution >= 4 is 16.8 Å². The molecule has 0 aromatic heterocycles. The maximum absolute atomic E-state index is 10.7. The molecule has 0 radical (unpaired) electrons. The second kappa shape index (κ2) is 6.43. The van der Waals surface area contributed by atoms with Crippen LogP contribution in [0.4, 0.5) is 0 Å². The third-order valence-corrected chi connectivity index (χ3v) is 1.93. The first-order valence-corrected chi connectivity index (χ1v) is 4.99. The summed E-state index contributed by atoms with van der Waals surface area (Å²) in [5.74, 6) is 0.725. The molecule has 0 aliphatic rings. The van der Waals surface area contributed by atoms with Crippen LogP contribution in [0.15, 0.2) is 24.3 Å². The Hall–Kier alpha value is -1.06. The van der Waals surface area contributed by atoms with Crippen LogP contribution in [0.1, 0.15) is 5.56 Å². The summed E-state index contributed by atoms with van der Waals surface area (Å²) in [4.78, 5) is 10.7. The Labute approximate surface area is 93.9 Å². The lowest BCUT2D eigenvalue weighted by Gasteiger charge is -2.06. The van der Waals surface area contributed by atoms with Crippen molar-refractivity contribution in [2.24, 2.45) is 0 Å². The molecule has 0 atom stereocenters. The molecule has 0 heterocycles. The minimum atomic E-state index is -0.371. The van der Waals surface area contributed by atoms with Crippen LogP contribution < -0.4 is 4.74 Å². The zero-order valence-corrected chi connectivity index (χ0v) is 9.29. The lowest BCUT2D eigenvalue weighted by Crippen LogP contribution is -2.04. The number of hydrogen-bond acceptors (Lipinski definition) is 3. The van der Waals surface area contributed by atoms with E-state index in [0.717, 1.165) is 11.3 Å². The zero-order chi connectivity index (χ0) is 11.1. The van der Waals surface area contributed by atoms with Gasteiger partial charge in [0.15, 0.2) is 0 Å². The quantitative estimate of drug-likeness (QED) is 0.552. The van der Waals surface area contributed by atoms with E-state index < -0.39 is 0 Å². The Bertz CT molecular complexity index is 325. The molecule has 0 unspecified atom stereocenters. The summed E-state index contributed by atoms with van der Waals surface area (Å²) in [6, 6.07) is 7.30. The van der Waals surface area contributed by atoms with E-state index in [-0.39, 0.29) is 11.7 Å². The zero-order valence-electron chi connectivity index (χ0n) is 8.53. The van der Waals surface area contributed by atoms with Crippen molar-refractivity contribution < 1.29 is 14.3 Å². The average Bonchev–Trinajstić information content (AvgIpc) is 2.18. The van der Waals surface area contributed by atoms with Gasteiger partial charge in [0.1, 0.15) is 12.4 Å². The summed E-state index contributed by atoms with van der Waals surface area (Å²) in [6.45, 7) is 1.04. The van der Waals surface area contributed by atoms with E-state index in [1.54, 1.807) is 13.2 Å². The topological polar surface area (TPSA) is 35.5 Å². The molecule has 0 bridgehead atoms. The molecule has 0 saturated carbocycles. The molecular weight excluding hydrogens is 216 g/mol. The van der Waals surface area contributed by atoms with E-state index in [1.807, 2.05) is 18.2 Å². The molecule has 4 heteroatoms. The first-order valence-electron chi connectivity index (χ1n) is 4.61. The Balaban J connectivity index is 2.53. The lowest BCUT2D eigenvalue weighted by molar-refractivity contribution is -0.111. The van der Waals surface area contributed by atoms with Gasteiger partial charge in [0.25, 0.3) is 0 Å². The van der Waals surface area contributed by atoms with Crippen LogP contribution in [0.5, 0.6) is 5.75 Å². The van der Waals surface area contributed by atoms with Crippen LogP contribution in [0.3, 0.4) is 0 Å². The molecule has 1 rings (SSSR count). The Morgan fingerprint density at radius 1 is 1.40 bits per heavy atom. The number of benzene rings is 1. The predicted molar refractivity (Wildman–Crippen MR) is 58.4 cm³/mol. The Morgan fingerprint density at radius 3 is 2.87 bits per heavy atom. The largest absolute Gasteiger partial charge is 0.491 e. The van der Waals surface area contributed by atoms with E-state index in [0.29, 0.717) is 13.2 Å². The third kappa shape index (κ3) is 4.81. The third-order valence-electron chi connectivity index (χ3n) is 1.80. The second-order valence-corrected chi connectivity index (χ2v) is 3.44. The number of rotatable bonds is 6. The van der Waals surface area contributed by atoms with Crippen molar-refractivity contribution in [3.05, 3.63) is 29.8 Å². The molecule has 0 aliphatic heterocycles. The molecule has 3 nitrogen and oxygen atoms in total. The standard InChI is InChI=1S/C11H13ClO3/c1-14-5-6-15-10-4-2-3-9(7-10)8-11(12)13/h2-4,7H,5-6,8H2,1H3. The SMILES string of the molecule is COCCOc1cccc(CC(=O)Cl)c1. The highest BCUT2D eigenvalue weighted by atomic mass is 35.5. The van der Waals surface area contributed by atoms with Gasteiger partial charge in [-0.15, -0.1) is 0 Å². The molecule has 82 valence electrons. The number of carbonyl (C=O) groups is 1. The van der Waals surface area contributed by atoms with Crippen molar-refractivity contribution in [2.45, 2.75) is 6.42 Å². The number of methoxy groups -OCH3 is 1. The van der Waals surface area contributed by atoms with Crippen LogP contribution in [0, 0.1) is 0 Å². The molecule has 0 N–H and O–H groups in total. The van der Waals surface area contributed by atoms with Crippen LogP contribution in [0.25, 0.3) is 0 Å². The molecule has 1 aromatic rings. The summed E-state index contributed by atoms with van der Waals surface area (Å²) in [6.07, 6.45) is 0.225. The minimum Gasteiger partial charge on any atom is -0.491 e. The molecule has 1 aromatic carbocycles. The van der Waals surface area contributed by atoms with Gasteiger partial charge in [-0.2, -0.15) is 0 Å². The summed E-state index contributed by atoms with van der Waals surface area (Å²) >= 11 is 5.29. The highest BCUT2D eigenvalue weighted by molar-refractivity contribution is 6.63. The van der Waals surface area contributed by atoms with Gasteiger partial charge < -0.3 is 9.47 Å². The van der Waals surface area contributed by atoms with Crippen LogP contribution in [0.2, 0.25) is 0 Å². The van der Waals surface area contributed by atoms with Crippen molar-refractivity contribution in [2.75, 3.05) is 20.3 Å². The Kier molecular flexibility index (Phi) is 5.15. The fourth-order valence-electron chi connectivity index (χ4n) is 1.15. The van der Waals surface area contributed by atoms with Gasteiger partial charge in [-0.25, -0.2) is 0 Å². The van der Waals surface area contributed by atoms with E-state index in [4.69, 9.17) is 21.1 Å². The normalized spacial score (nSPS) is 10.0. The molecule has 15 heavy (non-hydrogen) atoms. The number of hydrogen-bond donors (Lipinski definition) is 0. The molecule has 0 aliphatic carbocycles. The molecule has 0 fully saturated rings. The van der Waals surface area contributed by atoms with Crippen LogP contribution in [-0.4, -0.2) is 25.6 Å². The fourth-order valence-corrected chi connectivity index (χ4v) is 1.30. The summed E-state index contributed by atoms with van der Waals surface area (Å²) < 4.78 is 10.2. The van der Waals surface area contributed by atoms with Gasteiger partial charge in [-0.3, -0.25) is 4.79 Å². The van der Waals surface area contributed by atoms with Gasteiger partial charge >= 0.3 is 0 Å². The maximum atomic E-state index is 10.7. The van der Waals surface area contributed by atoms with Crippen LogP contribution >= 0.6 is 11.6 Å². The summed E-state index contributed by atoms with van der Waals surface area (Å²) in [5.41, 5.74) is 0.852. The smallest absolute Gasteiger partial charge is 0.226 e. The highest BCUT2D eigenvalue weighted by Gasteiger charge is 2.01. The van der Waals surface area contributed by atoms with E-state index in [9.17, 15) is 4.79 Å². The summed E-state index contributed by atoms with van der Waals surface area (Å²) in [7, 11) is 1.62. The minimum absolute atomic E-state index is 0.225. The van der Waals surface area contributed by atoms with Gasteiger partial charge in [0.05, 0.1) is 6.61 Å². The molecule has 0 saturated heterocycles. The molecular formula is C11H13ClO3. The summed E-state index contributed by atoms with van der Waals surface area (Å²) in [5, 5.41) is -0.371. The molecule has 0 amide bonds. The predicted octanol–water partition coefficient (Wildman–Crippen LogP) is 2.02. The first kappa shape index (κ1) is 12.0. The van der Waals surface area contributed by atoms with Crippen molar-refractivity contribution in [3.8, 4) is 5.75 Å². The number of halogens is 1. The number of ether oxygens (including phenoxy) is 2. The van der Waals surface area contributed by atoms with Gasteiger partial charge in [0, 0.05) is 13.5 Å². The monoisotopic (exact) mass is 228 g/mol. The van der Waals surface area contributed by atoms with E-state index >= 15 is 0 Å². The van der Waals surface area contributed by atoms with Crippen molar-refractivity contribution in [1.82, 2.24) is 0 Å². The molecule has 0 spiro atoms. The van der Waals surface area contributed by atoms with Gasteiger partial charge in [0.2, 0.25) is 5.24 Å². The lowest BCUT2D eigenvalue weighted by atomic mass is 10.1. The first-order chi connectivity index (χ1) is 7.22. The van der Waals surface area contributed by atoms with E-state index in [2.05, 4.69) is 0 Å². The number of carbonyl (C=O) groups excluding carboxylic acids is 1. The van der Waals surface area contributed by atoms with Gasteiger partial charge in [-0.1, -0.05) is 12.1 Å². The average molecular weight is 229 g/mol. The van der Waals surface area contributed by atoms with Gasteiger partial charge in [-0.05, 0) is 29.3 Å². The maximum Gasteiger partial charge on any atom is 0.226 e. The van der Waals surface area contributed by atoms with Crippen molar-refractivity contribution in [3.63, 3.8) is 0 Å². The highest BCUT2D eigenvalue weighted by Crippen LogP contribution is 2.14. The Morgan fingerprint density at radius 2 is 2.20 bits per heavy atom. The van der Waals surface area contributed by atoms with Crippen LogP contribution in [-0.2, 0) is 16.0 Å². The second-order valence-electron chi connectivity index (χ2n) is 3.02.